The average Bonchev–Trinajstić information content (AvgIpc) is 2.21. The molecule has 3 heteroatoms. The second kappa shape index (κ2) is 4.34. The topological polar surface area (TPSA) is 52.3 Å². The number of rotatable bonds is 3. The van der Waals surface area contributed by atoms with Crippen LogP contribution in [0.5, 0.6) is 5.75 Å². The monoisotopic (exact) mass is 207 g/mol. The van der Waals surface area contributed by atoms with Gasteiger partial charge in [-0.2, -0.15) is 0 Å². The van der Waals surface area contributed by atoms with Crippen molar-refractivity contribution in [1.29, 1.82) is 0 Å². The molecule has 3 nitrogen and oxygen atoms in total. The maximum atomic E-state index is 11.7. The van der Waals surface area contributed by atoms with Crippen LogP contribution in [0.3, 0.4) is 0 Å². The van der Waals surface area contributed by atoms with Crippen LogP contribution >= 0.6 is 0 Å². The molecule has 0 radical (unpaired) electrons. The Labute approximate surface area is 90.2 Å². The lowest BCUT2D eigenvalue weighted by Crippen LogP contribution is -2.28. The highest BCUT2D eigenvalue weighted by Gasteiger charge is 2.27. The summed E-state index contributed by atoms with van der Waals surface area (Å²) in [6.07, 6.45) is 0.751. The van der Waals surface area contributed by atoms with E-state index in [-0.39, 0.29) is 5.97 Å². The second-order valence-electron chi connectivity index (χ2n) is 4.20. The molecule has 0 saturated carbocycles. The SMILES string of the molecule is CCC(C)(C)C(=O)Oc1ccc(N)cc1. The zero-order chi connectivity index (χ0) is 11.5. The van der Waals surface area contributed by atoms with Gasteiger partial charge in [-0.3, -0.25) is 4.79 Å². The normalized spacial score (nSPS) is 11.1. The predicted molar refractivity (Wildman–Crippen MR) is 60.6 cm³/mol. The maximum absolute atomic E-state index is 11.7. The smallest absolute Gasteiger partial charge is 0.316 e. The first kappa shape index (κ1) is 11.6. The third-order valence-electron chi connectivity index (χ3n) is 2.53. The van der Waals surface area contributed by atoms with E-state index in [2.05, 4.69) is 0 Å². The number of hydrogen-bond acceptors (Lipinski definition) is 3. The van der Waals surface area contributed by atoms with Gasteiger partial charge in [-0.15, -0.1) is 0 Å². The highest BCUT2D eigenvalue weighted by Crippen LogP contribution is 2.23. The molecular weight excluding hydrogens is 190 g/mol. The van der Waals surface area contributed by atoms with Gasteiger partial charge in [0.1, 0.15) is 5.75 Å². The Morgan fingerprint density at radius 3 is 2.33 bits per heavy atom. The Morgan fingerprint density at radius 1 is 1.33 bits per heavy atom. The number of benzene rings is 1. The Kier molecular flexibility index (Phi) is 3.35. The van der Waals surface area contributed by atoms with E-state index >= 15 is 0 Å². The molecule has 0 spiro atoms. The van der Waals surface area contributed by atoms with Crippen molar-refractivity contribution in [2.75, 3.05) is 5.73 Å². The van der Waals surface area contributed by atoms with Crippen molar-refractivity contribution < 1.29 is 9.53 Å². The molecule has 0 aliphatic rings. The van der Waals surface area contributed by atoms with Crippen molar-refractivity contribution >= 4 is 11.7 Å². The summed E-state index contributed by atoms with van der Waals surface area (Å²) in [5, 5.41) is 0. The van der Waals surface area contributed by atoms with E-state index in [0.29, 0.717) is 11.4 Å². The lowest BCUT2D eigenvalue weighted by atomic mass is 9.91. The molecule has 0 aromatic heterocycles. The molecule has 1 rings (SSSR count). The van der Waals surface area contributed by atoms with E-state index < -0.39 is 5.41 Å². The van der Waals surface area contributed by atoms with Gasteiger partial charge in [0, 0.05) is 5.69 Å². The molecule has 0 heterocycles. The summed E-state index contributed by atoms with van der Waals surface area (Å²) >= 11 is 0. The lowest BCUT2D eigenvalue weighted by Gasteiger charge is -2.19. The fourth-order valence-electron chi connectivity index (χ4n) is 0.925. The van der Waals surface area contributed by atoms with Gasteiger partial charge >= 0.3 is 5.97 Å². The molecular formula is C12H17NO2. The van der Waals surface area contributed by atoms with Crippen LogP contribution in [0, 0.1) is 5.41 Å². The summed E-state index contributed by atoms with van der Waals surface area (Å²) in [6, 6.07) is 6.81. The molecule has 15 heavy (non-hydrogen) atoms. The zero-order valence-electron chi connectivity index (χ0n) is 9.41. The van der Waals surface area contributed by atoms with Gasteiger partial charge in [-0.25, -0.2) is 0 Å². The van der Waals surface area contributed by atoms with Gasteiger partial charge in [0.05, 0.1) is 5.41 Å². The first-order valence-corrected chi connectivity index (χ1v) is 5.03. The van der Waals surface area contributed by atoms with Gasteiger partial charge in [0.2, 0.25) is 0 Å². The number of nitrogen functional groups attached to an aromatic ring is 1. The number of ether oxygens (including phenoxy) is 1. The van der Waals surface area contributed by atoms with E-state index in [1.165, 1.54) is 0 Å². The van der Waals surface area contributed by atoms with Gasteiger partial charge < -0.3 is 10.5 Å². The van der Waals surface area contributed by atoms with Crippen LogP contribution in [0.15, 0.2) is 24.3 Å². The molecule has 0 bridgehead atoms. The largest absolute Gasteiger partial charge is 0.426 e. The fraction of sp³-hybridized carbons (Fsp3) is 0.417. The van der Waals surface area contributed by atoms with Crippen LogP contribution in [-0.4, -0.2) is 5.97 Å². The molecule has 0 unspecified atom stereocenters. The van der Waals surface area contributed by atoms with E-state index in [0.717, 1.165) is 6.42 Å². The fourth-order valence-corrected chi connectivity index (χ4v) is 0.925. The second-order valence-corrected chi connectivity index (χ2v) is 4.20. The van der Waals surface area contributed by atoms with E-state index in [1.807, 2.05) is 20.8 Å². The highest BCUT2D eigenvalue weighted by atomic mass is 16.5. The first-order valence-electron chi connectivity index (χ1n) is 5.03. The number of esters is 1. The molecule has 0 aliphatic heterocycles. The third-order valence-corrected chi connectivity index (χ3v) is 2.53. The van der Waals surface area contributed by atoms with Crippen molar-refractivity contribution in [2.45, 2.75) is 27.2 Å². The standard InChI is InChI=1S/C12H17NO2/c1-4-12(2,3)11(14)15-10-7-5-9(13)6-8-10/h5-8H,4,13H2,1-3H3. The van der Waals surface area contributed by atoms with Gasteiger partial charge in [-0.05, 0) is 44.5 Å². The van der Waals surface area contributed by atoms with E-state index in [1.54, 1.807) is 24.3 Å². The number of carbonyl (C=O) groups is 1. The van der Waals surface area contributed by atoms with Gasteiger partial charge in [0.25, 0.3) is 0 Å². The Morgan fingerprint density at radius 2 is 1.87 bits per heavy atom. The molecule has 1 aromatic rings. The minimum atomic E-state index is -0.443. The highest BCUT2D eigenvalue weighted by molar-refractivity contribution is 5.78. The van der Waals surface area contributed by atoms with Crippen LogP contribution in [0.4, 0.5) is 5.69 Å². The average molecular weight is 207 g/mol. The van der Waals surface area contributed by atoms with E-state index in [4.69, 9.17) is 10.5 Å². The summed E-state index contributed by atoms with van der Waals surface area (Å²) < 4.78 is 5.23. The predicted octanol–water partition coefficient (Wildman–Crippen LogP) is 2.61. The molecule has 0 amide bonds. The molecule has 0 atom stereocenters. The minimum Gasteiger partial charge on any atom is -0.426 e. The Hall–Kier alpha value is -1.51. The first-order chi connectivity index (χ1) is 6.95. The summed E-state index contributed by atoms with van der Waals surface area (Å²) in [7, 11) is 0. The van der Waals surface area contributed by atoms with Crippen molar-refractivity contribution in [3.63, 3.8) is 0 Å². The van der Waals surface area contributed by atoms with Crippen LogP contribution in [-0.2, 0) is 4.79 Å². The van der Waals surface area contributed by atoms with Crippen molar-refractivity contribution in [2.24, 2.45) is 5.41 Å². The zero-order valence-corrected chi connectivity index (χ0v) is 9.41. The number of carbonyl (C=O) groups excluding carboxylic acids is 1. The van der Waals surface area contributed by atoms with Crippen LogP contribution < -0.4 is 10.5 Å². The molecule has 0 saturated heterocycles. The molecule has 1 aromatic carbocycles. The molecule has 0 fully saturated rings. The number of hydrogen-bond donors (Lipinski definition) is 1. The van der Waals surface area contributed by atoms with E-state index in [9.17, 15) is 4.79 Å². The Balaban J connectivity index is 2.71. The number of anilines is 1. The lowest BCUT2D eigenvalue weighted by molar-refractivity contribution is -0.144. The van der Waals surface area contributed by atoms with Crippen molar-refractivity contribution in [1.82, 2.24) is 0 Å². The van der Waals surface area contributed by atoms with Gasteiger partial charge in [-0.1, -0.05) is 6.92 Å². The van der Waals surface area contributed by atoms with Crippen LogP contribution in [0.25, 0.3) is 0 Å². The van der Waals surface area contributed by atoms with Crippen LogP contribution in [0.1, 0.15) is 27.2 Å². The maximum Gasteiger partial charge on any atom is 0.316 e. The summed E-state index contributed by atoms with van der Waals surface area (Å²) in [5.41, 5.74) is 5.74. The van der Waals surface area contributed by atoms with Gasteiger partial charge in [0.15, 0.2) is 0 Å². The van der Waals surface area contributed by atoms with Crippen molar-refractivity contribution in [3.8, 4) is 5.75 Å². The van der Waals surface area contributed by atoms with Crippen molar-refractivity contribution in [3.05, 3.63) is 24.3 Å². The third kappa shape index (κ3) is 2.98. The summed E-state index contributed by atoms with van der Waals surface area (Å²) in [5.74, 6) is 0.325. The Bertz CT molecular complexity index is 341. The summed E-state index contributed by atoms with van der Waals surface area (Å²) in [4.78, 5) is 11.7. The molecule has 82 valence electrons. The quantitative estimate of drug-likeness (QED) is 0.471. The summed E-state index contributed by atoms with van der Waals surface area (Å²) in [6.45, 7) is 5.70. The molecule has 0 aliphatic carbocycles. The minimum absolute atomic E-state index is 0.213. The van der Waals surface area contributed by atoms with Crippen LogP contribution in [0.2, 0.25) is 0 Å². The number of nitrogens with two attached hydrogens (primary N) is 1. The molecule has 2 N–H and O–H groups in total.